The van der Waals surface area contributed by atoms with Crippen LogP contribution in [0.15, 0.2) is 123 Å². The van der Waals surface area contributed by atoms with E-state index >= 15 is 0 Å². The van der Waals surface area contributed by atoms with Crippen LogP contribution in [0.25, 0.3) is 11.4 Å². The third-order valence-electron chi connectivity index (χ3n) is 9.27. The third-order valence-corrected chi connectivity index (χ3v) is 10.5. The molecule has 0 bridgehead atoms. The lowest BCUT2D eigenvalue weighted by Gasteiger charge is -2.13. The molecule has 6 rings (SSSR count). The second kappa shape index (κ2) is 22.9. The second-order valence-electron chi connectivity index (χ2n) is 13.6. The predicted molar refractivity (Wildman–Crippen MR) is 243 cm³/mol. The number of nitrogens with one attached hydrogen (secondary N) is 2. The van der Waals surface area contributed by atoms with Crippen LogP contribution in [0, 0.1) is 0 Å². The van der Waals surface area contributed by atoms with E-state index in [0.717, 1.165) is 9.13 Å². The van der Waals surface area contributed by atoms with E-state index in [1.54, 1.807) is 78.9 Å². The topological polar surface area (TPSA) is 191 Å². The summed E-state index contributed by atoms with van der Waals surface area (Å²) >= 11 is 24.0. The van der Waals surface area contributed by atoms with E-state index in [1.807, 2.05) is 0 Å². The maximum absolute atomic E-state index is 13.1. The molecule has 0 aliphatic carbocycles. The third kappa shape index (κ3) is 12.3. The molecule has 0 aliphatic heterocycles. The maximum atomic E-state index is 13.1. The van der Waals surface area contributed by atoms with Gasteiger partial charge in [-0.05, 0) is 71.8 Å². The van der Waals surface area contributed by atoms with Crippen LogP contribution in [0.1, 0.15) is 42.2 Å². The summed E-state index contributed by atoms with van der Waals surface area (Å²) in [6, 6.07) is 23.9. The smallest absolute Gasteiger partial charge is 0.337 e. The highest BCUT2D eigenvalue weighted by Gasteiger charge is 2.21. The van der Waals surface area contributed by atoms with Crippen LogP contribution < -0.4 is 33.1 Å². The Balaban J connectivity index is 0.000000241. The van der Waals surface area contributed by atoms with E-state index in [4.69, 9.17) is 55.9 Å². The first-order chi connectivity index (χ1) is 30.7. The van der Waals surface area contributed by atoms with Crippen molar-refractivity contribution in [1.82, 2.24) is 28.9 Å². The highest BCUT2D eigenvalue weighted by Crippen LogP contribution is 2.22. The number of halogens is 4. The summed E-state index contributed by atoms with van der Waals surface area (Å²) in [5.74, 6) is -1.76. The number of carbonyl (C=O) groups is 3. The number of amides is 2. The molecule has 0 atom stereocenters. The fourth-order valence-corrected chi connectivity index (χ4v) is 6.67. The SMILES string of the molecule is COCCn1cc(C(=O)NCc2ccc(C(=O)OC)cc2)c(=O)n(-c2cccc(Cl)c2)c1=O.COCCn1cc(C(=O)NCc2ccc(Cl)c(Cl)c2)c(=O)n(-c2cccc(Cl)c2)c1=O. The van der Waals surface area contributed by atoms with Crippen molar-refractivity contribution in [3.05, 3.63) is 193 Å². The summed E-state index contributed by atoms with van der Waals surface area (Å²) in [7, 11) is 4.26. The molecule has 2 heterocycles. The van der Waals surface area contributed by atoms with Gasteiger partial charge in [-0.3, -0.25) is 28.3 Å². The van der Waals surface area contributed by atoms with Gasteiger partial charge in [0.2, 0.25) is 0 Å². The molecule has 2 aromatic heterocycles. The largest absolute Gasteiger partial charge is 0.465 e. The number of hydrogen-bond donors (Lipinski definition) is 2. The van der Waals surface area contributed by atoms with E-state index in [-0.39, 0.29) is 61.9 Å². The predicted octanol–water partition coefficient (Wildman–Crippen LogP) is 5.55. The number of rotatable bonds is 15. The van der Waals surface area contributed by atoms with Crippen molar-refractivity contribution in [2.75, 3.05) is 34.5 Å². The molecule has 0 saturated carbocycles. The molecule has 334 valence electrons. The molecule has 2 N–H and O–H groups in total. The monoisotopic (exact) mass is 952 g/mol. The lowest BCUT2D eigenvalue weighted by atomic mass is 10.1. The molecule has 64 heavy (non-hydrogen) atoms. The van der Waals surface area contributed by atoms with Gasteiger partial charge in [0.25, 0.3) is 22.9 Å². The number of hydrogen-bond acceptors (Lipinski definition) is 10. The van der Waals surface area contributed by atoms with E-state index < -0.39 is 40.3 Å². The zero-order valence-corrected chi connectivity index (χ0v) is 37.5. The summed E-state index contributed by atoms with van der Waals surface area (Å²) in [6.07, 6.45) is 2.45. The Kier molecular flexibility index (Phi) is 17.4. The van der Waals surface area contributed by atoms with Gasteiger partial charge in [-0.15, -0.1) is 0 Å². The molecular weight excluding hydrogens is 914 g/mol. The average Bonchev–Trinajstić information content (AvgIpc) is 3.28. The van der Waals surface area contributed by atoms with Gasteiger partial charge in [0.1, 0.15) is 11.1 Å². The molecular formula is C44H40Cl4N6O10. The highest BCUT2D eigenvalue weighted by atomic mass is 35.5. The quantitative estimate of drug-likeness (QED) is 0.124. The van der Waals surface area contributed by atoms with Crippen molar-refractivity contribution in [2.24, 2.45) is 0 Å². The molecule has 0 spiro atoms. The Morgan fingerprint density at radius 1 is 0.562 bits per heavy atom. The lowest BCUT2D eigenvalue weighted by Crippen LogP contribution is -2.43. The number of methoxy groups -OCH3 is 3. The fraction of sp³-hybridized carbons (Fsp3) is 0.205. The first-order valence-corrected chi connectivity index (χ1v) is 20.6. The minimum atomic E-state index is -0.769. The molecule has 16 nitrogen and oxygen atoms in total. The van der Waals surface area contributed by atoms with E-state index in [2.05, 4.69) is 15.4 Å². The van der Waals surface area contributed by atoms with Gasteiger partial charge < -0.3 is 24.8 Å². The Bertz CT molecular complexity index is 2910. The van der Waals surface area contributed by atoms with Crippen LogP contribution in [-0.4, -0.2) is 70.6 Å². The van der Waals surface area contributed by atoms with Crippen LogP contribution >= 0.6 is 46.4 Å². The van der Waals surface area contributed by atoms with Gasteiger partial charge in [-0.1, -0.05) is 76.7 Å². The molecule has 0 aliphatic rings. The summed E-state index contributed by atoms with van der Waals surface area (Å²) in [6.45, 7) is 0.950. The standard InChI is InChI=1S/C23H22ClN3O6.C21H18Cl3N3O4/c1-32-11-10-26-14-19(21(29)27(23(26)31)18-5-3-4-17(24)12-18)20(28)25-13-15-6-8-16(9-7-15)22(30)33-2;1-31-8-7-26-12-16(19(28)25-11-13-5-6-17(23)18(24)9-13)20(29)27(21(26)30)15-4-2-3-14(22)10-15/h3-9,12,14H,10-11,13H2,1-2H3,(H,25,28);2-6,9-10,12H,7-8,11H2,1H3,(H,25,28). The highest BCUT2D eigenvalue weighted by molar-refractivity contribution is 6.42. The Morgan fingerprint density at radius 2 is 1.02 bits per heavy atom. The summed E-state index contributed by atoms with van der Waals surface area (Å²) in [5.41, 5.74) is -0.870. The average molecular weight is 955 g/mol. The van der Waals surface area contributed by atoms with Crippen molar-refractivity contribution in [1.29, 1.82) is 0 Å². The zero-order valence-electron chi connectivity index (χ0n) is 34.4. The van der Waals surface area contributed by atoms with Crippen LogP contribution in [0.5, 0.6) is 0 Å². The van der Waals surface area contributed by atoms with Gasteiger partial charge in [0.15, 0.2) is 0 Å². The Hall–Kier alpha value is -6.27. The number of benzene rings is 4. The molecule has 20 heteroatoms. The number of carbonyl (C=O) groups excluding carboxylic acids is 3. The summed E-state index contributed by atoms with van der Waals surface area (Å²) < 4.78 is 19.0. The van der Waals surface area contributed by atoms with E-state index in [1.165, 1.54) is 55.0 Å². The Morgan fingerprint density at radius 3 is 1.44 bits per heavy atom. The van der Waals surface area contributed by atoms with E-state index in [9.17, 15) is 33.6 Å². The van der Waals surface area contributed by atoms with Crippen LogP contribution in [0.4, 0.5) is 0 Å². The van der Waals surface area contributed by atoms with Crippen molar-refractivity contribution < 1.29 is 28.6 Å². The molecule has 2 amide bonds. The first-order valence-electron chi connectivity index (χ1n) is 19.1. The molecule has 0 fully saturated rings. The molecule has 0 unspecified atom stereocenters. The lowest BCUT2D eigenvalue weighted by molar-refractivity contribution is 0.0600. The molecule has 0 saturated heterocycles. The van der Waals surface area contributed by atoms with Crippen LogP contribution in [-0.2, 0) is 40.4 Å². The number of nitrogens with zero attached hydrogens (tertiary/aromatic N) is 4. The van der Waals surface area contributed by atoms with Gasteiger partial charge in [0.05, 0.1) is 60.4 Å². The van der Waals surface area contributed by atoms with E-state index in [0.29, 0.717) is 36.8 Å². The normalized spacial score (nSPS) is 10.7. The van der Waals surface area contributed by atoms with Gasteiger partial charge in [-0.25, -0.2) is 23.5 Å². The molecule has 0 radical (unpaired) electrons. The van der Waals surface area contributed by atoms with Gasteiger partial charge >= 0.3 is 17.3 Å². The van der Waals surface area contributed by atoms with Crippen molar-refractivity contribution in [3.63, 3.8) is 0 Å². The maximum Gasteiger partial charge on any atom is 0.337 e. The molecule has 4 aromatic carbocycles. The van der Waals surface area contributed by atoms with Gasteiger partial charge in [0, 0.05) is 49.7 Å². The molecule has 6 aromatic rings. The minimum Gasteiger partial charge on any atom is -0.465 e. The zero-order chi connectivity index (χ0) is 46.5. The van der Waals surface area contributed by atoms with Gasteiger partial charge in [-0.2, -0.15) is 0 Å². The van der Waals surface area contributed by atoms with Crippen molar-refractivity contribution in [2.45, 2.75) is 26.2 Å². The van der Waals surface area contributed by atoms with Crippen molar-refractivity contribution >= 4 is 64.2 Å². The summed E-state index contributed by atoms with van der Waals surface area (Å²) in [4.78, 5) is 89.2. The Labute approximate surface area is 385 Å². The first kappa shape index (κ1) is 48.8. The number of esters is 1. The summed E-state index contributed by atoms with van der Waals surface area (Å²) in [5, 5.41) is 6.77. The van der Waals surface area contributed by atoms with Crippen LogP contribution in [0.2, 0.25) is 20.1 Å². The van der Waals surface area contributed by atoms with Crippen molar-refractivity contribution in [3.8, 4) is 11.4 Å². The second-order valence-corrected chi connectivity index (χ2v) is 15.3. The number of aromatic nitrogens is 4. The minimum absolute atomic E-state index is 0.105. The fourth-order valence-electron chi connectivity index (χ4n) is 5.98. The van der Waals surface area contributed by atoms with Crippen LogP contribution in [0.3, 0.4) is 0 Å². The number of ether oxygens (including phenoxy) is 3.